The first-order valence-corrected chi connectivity index (χ1v) is 12.5. The molecule has 7 heteroatoms. The van der Waals surface area contributed by atoms with E-state index < -0.39 is 5.25 Å². The van der Waals surface area contributed by atoms with Crippen molar-refractivity contribution in [3.8, 4) is 0 Å². The Bertz CT molecular complexity index is 1340. The van der Waals surface area contributed by atoms with Gasteiger partial charge in [0.15, 0.2) is 0 Å². The first-order chi connectivity index (χ1) is 16.9. The van der Waals surface area contributed by atoms with Gasteiger partial charge in [0.2, 0.25) is 5.91 Å². The largest absolute Gasteiger partial charge is 0.325 e. The molecule has 0 spiro atoms. The number of amides is 2. The van der Waals surface area contributed by atoms with Gasteiger partial charge in [-0.15, -0.1) is 11.8 Å². The van der Waals surface area contributed by atoms with Gasteiger partial charge in [-0.3, -0.25) is 9.59 Å². The molecule has 2 amide bonds. The summed E-state index contributed by atoms with van der Waals surface area (Å²) in [6.45, 7) is 1.96. The molecule has 0 aromatic heterocycles. The van der Waals surface area contributed by atoms with Crippen LogP contribution in [0, 0.1) is 6.92 Å². The lowest BCUT2D eigenvalue weighted by atomic mass is 10.1. The second-order valence-electron chi connectivity index (χ2n) is 7.82. The van der Waals surface area contributed by atoms with Crippen LogP contribution in [0.2, 0.25) is 10.0 Å². The van der Waals surface area contributed by atoms with Gasteiger partial charge in [0, 0.05) is 21.3 Å². The van der Waals surface area contributed by atoms with Crippen molar-refractivity contribution in [2.45, 2.75) is 17.1 Å². The molecule has 0 fully saturated rings. The maximum Gasteiger partial charge on any atom is 0.257 e. The molecule has 0 saturated heterocycles. The molecule has 176 valence electrons. The van der Waals surface area contributed by atoms with Crippen LogP contribution in [0.4, 0.5) is 11.4 Å². The third-order valence-electron chi connectivity index (χ3n) is 5.29. The summed E-state index contributed by atoms with van der Waals surface area (Å²) in [7, 11) is 0. The van der Waals surface area contributed by atoms with Gasteiger partial charge < -0.3 is 10.6 Å². The maximum atomic E-state index is 13.3. The van der Waals surface area contributed by atoms with Gasteiger partial charge in [-0.2, -0.15) is 0 Å². The van der Waals surface area contributed by atoms with Crippen molar-refractivity contribution in [1.82, 2.24) is 0 Å². The molecule has 0 heterocycles. The van der Waals surface area contributed by atoms with Gasteiger partial charge in [-0.1, -0.05) is 71.7 Å². The Morgan fingerprint density at radius 2 is 1.49 bits per heavy atom. The summed E-state index contributed by atoms with van der Waals surface area (Å²) >= 11 is 13.5. The van der Waals surface area contributed by atoms with E-state index in [1.54, 1.807) is 24.3 Å². The number of aryl methyl sites for hydroxylation is 1. The van der Waals surface area contributed by atoms with Crippen molar-refractivity contribution < 1.29 is 9.59 Å². The lowest BCUT2D eigenvalue weighted by molar-refractivity contribution is -0.115. The molecule has 2 N–H and O–H groups in total. The van der Waals surface area contributed by atoms with E-state index in [0.29, 0.717) is 16.3 Å². The first-order valence-electron chi connectivity index (χ1n) is 10.9. The Morgan fingerprint density at radius 1 is 0.800 bits per heavy atom. The SMILES string of the molecule is Cc1ccccc1NC(=O)C(Sc1ccc(NC(=O)c2ccc(Cl)cc2Cl)cc1)c1ccccc1. The average Bonchev–Trinajstić information content (AvgIpc) is 2.85. The highest BCUT2D eigenvalue weighted by Gasteiger charge is 2.22. The van der Waals surface area contributed by atoms with Crippen LogP contribution in [0.15, 0.2) is 102 Å². The van der Waals surface area contributed by atoms with Gasteiger partial charge in [0.25, 0.3) is 5.91 Å². The molecule has 0 radical (unpaired) electrons. The second-order valence-corrected chi connectivity index (χ2v) is 9.84. The highest BCUT2D eigenvalue weighted by atomic mass is 35.5. The summed E-state index contributed by atoms with van der Waals surface area (Å²) in [6.07, 6.45) is 0. The fourth-order valence-electron chi connectivity index (χ4n) is 3.44. The Labute approximate surface area is 218 Å². The zero-order valence-electron chi connectivity index (χ0n) is 18.8. The van der Waals surface area contributed by atoms with E-state index in [1.165, 1.54) is 17.8 Å². The molecule has 0 saturated carbocycles. The quantitative estimate of drug-likeness (QED) is 0.242. The third-order valence-corrected chi connectivity index (χ3v) is 7.10. The van der Waals surface area contributed by atoms with Crippen molar-refractivity contribution in [2.24, 2.45) is 0 Å². The van der Waals surface area contributed by atoms with E-state index in [9.17, 15) is 9.59 Å². The lowest BCUT2D eigenvalue weighted by Crippen LogP contribution is -2.19. The van der Waals surface area contributed by atoms with Crippen LogP contribution < -0.4 is 10.6 Å². The van der Waals surface area contributed by atoms with E-state index in [-0.39, 0.29) is 16.8 Å². The van der Waals surface area contributed by atoms with E-state index in [1.807, 2.05) is 73.7 Å². The summed E-state index contributed by atoms with van der Waals surface area (Å²) in [5.41, 5.74) is 3.65. The molecule has 0 aliphatic rings. The minimum absolute atomic E-state index is 0.106. The normalized spacial score (nSPS) is 11.5. The van der Waals surface area contributed by atoms with Gasteiger partial charge in [-0.05, 0) is 66.6 Å². The molecule has 4 nitrogen and oxygen atoms in total. The smallest absolute Gasteiger partial charge is 0.257 e. The topological polar surface area (TPSA) is 58.2 Å². The molecule has 35 heavy (non-hydrogen) atoms. The number of thioether (sulfide) groups is 1. The van der Waals surface area contributed by atoms with Gasteiger partial charge in [-0.25, -0.2) is 0 Å². The van der Waals surface area contributed by atoms with Gasteiger partial charge in [0.1, 0.15) is 5.25 Å². The molecule has 1 unspecified atom stereocenters. The molecule has 0 bridgehead atoms. The van der Waals surface area contributed by atoms with E-state index in [2.05, 4.69) is 10.6 Å². The predicted octanol–water partition coefficient (Wildman–Crippen LogP) is 8.03. The number of para-hydroxylation sites is 1. The van der Waals surface area contributed by atoms with Crippen molar-refractivity contribution in [3.05, 3.63) is 124 Å². The fourth-order valence-corrected chi connectivity index (χ4v) is 4.96. The summed E-state index contributed by atoms with van der Waals surface area (Å²) < 4.78 is 0. The van der Waals surface area contributed by atoms with E-state index in [0.717, 1.165) is 21.7 Å². The number of rotatable bonds is 7. The first kappa shape index (κ1) is 24.9. The standard InChI is InChI=1S/C28H22Cl2N2O2S/c1-18-7-5-6-10-25(18)32-28(34)26(19-8-3-2-4-9-19)35-22-14-12-21(13-15-22)31-27(33)23-16-11-20(29)17-24(23)30/h2-17,26H,1H3,(H,31,33)(H,32,34). The van der Waals surface area contributed by atoms with Crippen LogP contribution in [0.3, 0.4) is 0 Å². The van der Waals surface area contributed by atoms with Gasteiger partial charge in [0.05, 0.1) is 10.6 Å². The molecule has 4 rings (SSSR count). The number of hydrogen-bond donors (Lipinski definition) is 2. The Hall–Kier alpha value is -3.25. The predicted molar refractivity (Wildman–Crippen MR) is 146 cm³/mol. The lowest BCUT2D eigenvalue weighted by Gasteiger charge is -2.18. The number of carbonyl (C=O) groups is 2. The van der Waals surface area contributed by atoms with E-state index in [4.69, 9.17) is 23.2 Å². The molecule has 0 aliphatic heterocycles. The monoisotopic (exact) mass is 520 g/mol. The highest BCUT2D eigenvalue weighted by Crippen LogP contribution is 2.37. The summed E-state index contributed by atoms with van der Waals surface area (Å²) in [5.74, 6) is -0.433. The zero-order chi connectivity index (χ0) is 24.8. The van der Waals surface area contributed by atoms with Crippen LogP contribution in [0.25, 0.3) is 0 Å². The minimum atomic E-state index is -0.455. The number of carbonyl (C=O) groups excluding carboxylic acids is 2. The molecular formula is C28H22Cl2N2O2S. The molecule has 4 aromatic carbocycles. The number of anilines is 2. The fraction of sp³-hybridized carbons (Fsp3) is 0.0714. The summed E-state index contributed by atoms with van der Waals surface area (Å²) in [5, 5.41) is 6.19. The number of benzene rings is 4. The highest BCUT2D eigenvalue weighted by molar-refractivity contribution is 8.00. The van der Waals surface area contributed by atoms with Crippen molar-refractivity contribution in [1.29, 1.82) is 0 Å². The Morgan fingerprint density at radius 3 is 2.17 bits per heavy atom. The number of halogens is 2. The summed E-state index contributed by atoms with van der Waals surface area (Å²) in [6, 6.07) is 29.4. The van der Waals surface area contributed by atoms with Crippen molar-refractivity contribution in [2.75, 3.05) is 10.6 Å². The molecule has 4 aromatic rings. The van der Waals surface area contributed by atoms with E-state index >= 15 is 0 Å². The van der Waals surface area contributed by atoms with Crippen molar-refractivity contribution >= 4 is 58.2 Å². The minimum Gasteiger partial charge on any atom is -0.325 e. The average molecular weight is 521 g/mol. The summed E-state index contributed by atoms with van der Waals surface area (Å²) in [4.78, 5) is 26.8. The van der Waals surface area contributed by atoms with Crippen molar-refractivity contribution in [3.63, 3.8) is 0 Å². The third kappa shape index (κ3) is 6.45. The second kappa shape index (κ2) is 11.5. The Balaban J connectivity index is 1.50. The van der Waals surface area contributed by atoms with Crippen LogP contribution >= 0.6 is 35.0 Å². The zero-order valence-corrected chi connectivity index (χ0v) is 21.1. The van der Waals surface area contributed by atoms with Crippen LogP contribution in [0.5, 0.6) is 0 Å². The number of nitrogens with one attached hydrogen (secondary N) is 2. The molecular weight excluding hydrogens is 499 g/mol. The Kier molecular flexibility index (Phi) is 8.13. The number of hydrogen-bond acceptors (Lipinski definition) is 3. The van der Waals surface area contributed by atoms with Crippen LogP contribution in [-0.4, -0.2) is 11.8 Å². The maximum absolute atomic E-state index is 13.3. The van der Waals surface area contributed by atoms with Crippen LogP contribution in [-0.2, 0) is 4.79 Å². The van der Waals surface area contributed by atoms with Gasteiger partial charge >= 0.3 is 0 Å². The molecule has 1 atom stereocenters. The van der Waals surface area contributed by atoms with Crippen LogP contribution in [0.1, 0.15) is 26.7 Å². The molecule has 0 aliphatic carbocycles.